The molecule has 0 bridgehead atoms. The lowest BCUT2D eigenvalue weighted by molar-refractivity contribution is -0.660. The largest absolute Gasteiger partial charge is 0.212 e. The van der Waals surface area contributed by atoms with Crippen molar-refractivity contribution in [2.45, 2.75) is 96.9 Å². The molecule has 0 radical (unpaired) electrons. The summed E-state index contributed by atoms with van der Waals surface area (Å²) in [7, 11) is 10.6. The summed E-state index contributed by atoms with van der Waals surface area (Å²) in [6.07, 6.45) is 10.9. The van der Waals surface area contributed by atoms with Gasteiger partial charge in [-0.25, -0.2) is 22.8 Å². The first-order valence-corrected chi connectivity index (χ1v) is 38.1. The maximum Gasteiger partial charge on any atom is 0.212 e. The molecule has 15 aromatic rings. The SMILES string of the molecule is Cc1cc(-c2cc(-c3ccccc3)c(C)cc2C)[n+](C)cc1C.Cc1cc(-c2cc(-c3ccccc3)ccc2C)[n+](C)cc1C.Cc1cc(C)c(-c2cccc[n+]2C)cc1-c1ccccc1.Cc1ccc(-c2cc(-c3ccccc3)c(C)cc2C)[n+](C)c1.Cc1ccc(-c2cc(-c3ccccc3)ccc2C)[n+](C)c1. The average Bonchev–Trinajstić information content (AvgIpc) is 0.809. The Bertz CT molecular complexity index is 5680. The zero-order valence-corrected chi connectivity index (χ0v) is 67.7. The summed E-state index contributed by atoms with van der Waals surface area (Å²) >= 11 is 0. The fraction of sp³-hybridized carbons (Fsp3) is 0.183. The Morgan fingerprint density at radius 3 is 0.761 bits per heavy atom. The van der Waals surface area contributed by atoms with Gasteiger partial charge in [0.05, 0.1) is 0 Å². The zero-order chi connectivity index (χ0) is 77.6. The minimum atomic E-state index is 1.24. The molecule has 0 saturated carbocycles. The zero-order valence-electron chi connectivity index (χ0n) is 67.7. The van der Waals surface area contributed by atoms with E-state index >= 15 is 0 Å². The van der Waals surface area contributed by atoms with Crippen LogP contribution in [0.4, 0.5) is 0 Å². The monoisotopic (exact) mass is 1430 g/mol. The number of nitrogens with zero attached hydrogens (tertiary/aromatic N) is 5. The molecule has 0 spiro atoms. The van der Waals surface area contributed by atoms with Gasteiger partial charge in [-0.1, -0.05) is 194 Å². The third-order valence-electron chi connectivity index (χ3n) is 21.1. The molecule has 10 aromatic carbocycles. The highest BCUT2D eigenvalue weighted by Crippen LogP contribution is 2.36. The maximum atomic E-state index is 2.34. The van der Waals surface area contributed by atoms with Crippen molar-refractivity contribution in [1.29, 1.82) is 0 Å². The Morgan fingerprint density at radius 2 is 0.431 bits per heavy atom. The quantitative estimate of drug-likeness (QED) is 0.122. The smallest absolute Gasteiger partial charge is 0.201 e. The molecule has 15 rings (SSSR count). The lowest BCUT2D eigenvalue weighted by atomic mass is 9.93. The van der Waals surface area contributed by atoms with Gasteiger partial charge in [0.1, 0.15) is 35.2 Å². The lowest BCUT2D eigenvalue weighted by Crippen LogP contribution is -2.31. The molecular weight excluding hydrogens is 1320 g/mol. The van der Waals surface area contributed by atoms with Gasteiger partial charge in [0, 0.05) is 86.5 Å². The molecule has 5 heteroatoms. The number of benzene rings is 10. The van der Waals surface area contributed by atoms with Crippen molar-refractivity contribution in [3.05, 3.63) is 388 Å². The Kier molecular flexibility index (Phi) is 25.5. The molecule has 0 unspecified atom stereocenters. The van der Waals surface area contributed by atoms with E-state index in [1.54, 1.807) is 0 Å². The number of aromatic nitrogens is 5. The first kappa shape index (κ1) is 78.0. The molecule has 0 saturated heterocycles. The van der Waals surface area contributed by atoms with Crippen LogP contribution in [-0.4, -0.2) is 0 Å². The minimum Gasteiger partial charge on any atom is -0.201 e. The van der Waals surface area contributed by atoms with Crippen molar-refractivity contribution in [2.75, 3.05) is 0 Å². The number of rotatable bonds is 10. The molecule has 5 nitrogen and oxygen atoms in total. The van der Waals surface area contributed by atoms with Gasteiger partial charge in [-0.15, -0.1) is 0 Å². The molecule has 0 amide bonds. The van der Waals surface area contributed by atoms with Gasteiger partial charge < -0.3 is 0 Å². The normalized spacial score (nSPS) is 10.7. The molecule has 544 valence electrons. The van der Waals surface area contributed by atoms with E-state index in [1.165, 1.54) is 190 Å². The number of hydrogen-bond acceptors (Lipinski definition) is 0. The van der Waals surface area contributed by atoms with Crippen molar-refractivity contribution in [3.8, 4) is 112 Å². The predicted octanol–water partition coefficient (Wildman–Crippen LogP) is 23.5. The molecular formula is C104H108N5+5. The van der Waals surface area contributed by atoms with Crippen molar-refractivity contribution < 1.29 is 22.8 Å². The number of pyridine rings is 5. The highest BCUT2D eigenvalue weighted by molar-refractivity contribution is 5.80. The second-order valence-electron chi connectivity index (χ2n) is 29.7. The van der Waals surface area contributed by atoms with E-state index in [4.69, 9.17) is 0 Å². The summed E-state index contributed by atoms with van der Waals surface area (Å²) in [6, 6.07) is 99.9. The van der Waals surface area contributed by atoms with E-state index in [-0.39, 0.29) is 0 Å². The Labute approximate surface area is 650 Å². The molecule has 0 fully saturated rings. The second kappa shape index (κ2) is 35.6. The average molecular weight is 1430 g/mol. The van der Waals surface area contributed by atoms with Gasteiger partial charge in [-0.05, 0) is 257 Å². The molecule has 0 N–H and O–H groups in total. The highest BCUT2D eigenvalue weighted by Gasteiger charge is 2.21. The van der Waals surface area contributed by atoms with Crippen molar-refractivity contribution in [3.63, 3.8) is 0 Å². The fourth-order valence-electron chi connectivity index (χ4n) is 14.7. The van der Waals surface area contributed by atoms with Gasteiger partial charge in [-0.3, -0.25) is 0 Å². The summed E-state index contributed by atoms with van der Waals surface area (Å²) < 4.78 is 11.0. The molecule has 109 heavy (non-hydrogen) atoms. The summed E-state index contributed by atoms with van der Waals surface area (Å²) in [6.45, 7) is 30.4. The molecule has 0 aliphatic rings. The summed E-state index contributed by atoms with van der Waals surface area (Å²) in [5.41, 5.74) is 43.9. The summed E-state index contributed by atoms with van der Waals surface area (Å²) in [5.74, 6) is 0. The summed E-state index contributed by atoms with van der Waals surface area (Å²) in [4.78, 5) is 0. The first-order chi connectivity index (χ1) is 52.4. The van der Waals surface area contributed by atoms with Crippen LogP contribution >= 0.6 is 0 Å². The van der Waals surface area contributed by atoms with Crippen LogP contribution in [0, 0.1) is 96.9 Å². The maximum absolute atomic E-state index is 2.34. The first-order valence-electron chi connectivity index (χ1n) is 38.1. The molecule has 0 atom stereocenters. The van der Waals surface area contributed by atoms with Crippen LogP contribution in [0.1, 0.15) is 77.9 Å². The predicted molar refractivity (Wildman–Crippen MR) is 459 cm³/mol. The second-order valence-corrected chi connectivity index (χ2v) is 29.7. The molecule has 5 heterocycles. The van der Waals surface area contributed by atoms with Crippen molar-refractivity contribution in [2.24, 2.45) is 35.2 Å². The van der Waals surface area contributed by atoms with Crippen LogP contribution in [0.15, 0.2) is 310 Å². The van der Waals surface area contributed by atoms with Gasteiger partial charge in [0.25, 0.3) is 0 Å². The lowest BCUT2D eigenvalue weighted by Gasteiger charge is -2.12. The van der Waals surface area contributed by atoms with Gasteiger partial charge in [0.2, 0.25) is 28.5 Å². The molecule has 5 aromatic heterocycles. The molecule has 0 aliphatic heterocycles. The Hall–Kier alpha value is -12.1. The standard InChI is InChI=1S/C22H24N.2C21H22N.2C20H20N/c1-15-12-22(23(5)14-18(15)4)21-13-20(16(2)11-17(21)3)19-9-7-6-8-10-19;1-15-10-11-19(18-8-6-5-7-9-18)13-20(15)21-12-16(2)17(3)14-22(21)4;1-15-10-11-21(22(4)14-15)20-13-19(16(2)12-17(20)3)18-8-6-5-7-9-18;1-15-13-16(2)19(20-11-7-8-12-21(20)3)14-18(15)17-9-5-4-6-10-17;1-15-9-12-20(21(3)14-15)19-13-18(11-10-16(19)2)17-7-5-4-6-8-17/h6-14H,1-5H3;2*5-14H,1-4H3;2*4-14H,1-3H3/q5*+1. The van der Waals surface area contributed by atoms with Crippen LogP contribution in [0.2, 0.25) is 0 Å². The topological polar surface area (TPSA) is 19.4 Å². The third kappa shape index (κ3) is 19.0. The summed E-state index contributed by atoms with van der Waals surface area (Å²) in [5, 5.41) is 0. The van der Waals surface area contributed by atoms with E-state index in [2.05, 4.69) is 465 Å². The van der Waals surface area contributed by atoms with E-state index in [0.717, 1.165) is 0 Å². The van der Waals surface area contributed by atoms with Crippen LogP contribution in [0.25, 0.3) is 112 Å². The Morgan fingerprint density at radius 1 is 0.156 bits per heavy atom. The van der Waals surface area contributed by atoms with Crippen LogP contribution < -0.4 is 22.8 Å². The van der Waals surface area contributed by atoms with E-state index in [9.17, 15) is 0 Å². The van der Waals surface area contributed by atoms with Gasteiger partial charge in [0.15, 0.2) is 31.0 Å². The van der Waals surface area contributed by atoms with E-state index in [0.29, 0.717) is 0 Å². The Balaban J connectivity index is 0.000000135. The minimum absolute atomic E-state index is 1.24. The van der Waals surface area contributed by atoms with E-state index in [1.807, 2.05) is 0 Å². The number of hydrogen-bond donors (Lipinski definition) is 0. The van der Waals surface area contributed by atoms with Crippen LogP contribution in [0.5, 0.6) is 0 Å². The van der Waals surface area contributed by atoms with Crippen LogP contribution in [-0.2, 0) is 35.2 Å². The fourth-order valence-corrected chi connectivity index (χ4v) is 14.7. The van der Waals surface area contributed by atoms with Gasteiger partial charge in [-0.2, -0.15) is 0 Å². The third-order valence-corrected chi connectivity index (χ3v) is 21.1. The highest BCUT2D eigenvalue weighted by atomic mass is 14.9. The number of aryl methyl sites for hydroxylation is 19. The molecule has 0 aliphatic carbocycles. The van der Waals surface area contributed by atoms with Crippen molar-refractivity contribution in [1.82, 2.24) is 0 Å². The van der Waals surface area contributed by atoms with Gasteiger partial charge >= 0.3 is 0 Å². The van der Waals surface area contributed by atoms with Crippen LogP contribution in [0.3, 0.4) is 0 Å². The van der Waals surface area contributed by atoms with Crippen molar-refractivity contribution >= 4 is 0 Å². The van der Waals surface area contributed by atoms with E-state index < -0.39 is 0 Å².